The summed E-state index contributed by atoms with van der Waals surface area (Å²) in [7, 11) is 1.63. The molecule has 1 heterocycles. The van der Waals surface area contributed by atoms with Gasteiger partial charge >= 0.3 is 0 Å². The molecule has 2 aromatic carbocycles. The third kappa shape index (κ3) is 6.32. The van der Waals surface area contributed by atoms with Gasteiger partial charge in [0.05, 0.1) is 13.7 Å². The first-order chi connectivity index (χ1) is 14.2. The Labute approximate surface area is 172 Å². The lowest BCUT2D eigenvalue weighted by atomic mass is 10.1. The van der Waals surface area contributed by atoms with E-state index in [2.05, 4.69) is 10.6 Å². The first-order valence-electron chi connectivity index (χ1n) is 10.2. The van der Waals surface area contributed by atoms with Gasteiger partial charge in [-0.2, -0.15) is 0 Å². The van der Waals surface area contributed by atoms with Gasteiger partial charge in [-0.05, 0) is 54.8 Å². The Hall–Kier alpha value is -2.86. The van der Waals surface area contributed by atoms with Crippen LogP contribution in [-0.2, 0) is 11.3 Å². The molecule has 154 valence electrons. The number of methoxy groups -OCH3 is 1. The van der Waals surface area contributed by atoms with Crippen LogP contribution in [0.25, 0.3) is 0 Å². The maximum absolute atomic E-state index is 12.6. The highest BCUT2D eigenvalue weighted by atomic mass is 16.5. The van der Waals surface area contributed by atoms with Crippen molar-refractivity contribution in [3.63, 3.8) is 0 Å². The molecule has 1 saturated heterocycles. The number of ether oxygens (including phenoxy) is 1. The van der Waals surface area contributed by atoms with E-state index in [-0.39, 0.29) is 18.4 Å². The summed E-state index contributed by atoms with van der Waals surface area (Å²) in [4.78, 5) is 26.7. The van der Waals surface area contributed by atoms with Crippen LogP contribution in [0.4, 0.5) is 5.69 Å². The molecule has 0 bridgehead atoms. The van der Waals surface area contributed by atoms with E-state index in [4.69, 9.17) is 4.74 Å². The Kier molecular flexibility index (Phi) is 7.64. The van der Waals surface area contributed by atoms with Crippen LogP contribution in [0.2, 0.25) is 0 Å². The zero-order valence-electron chi connectivity index (χ0n) is 16.9. The van der Waals surface area contributed by atoms with Crippen molar-refractivity contribution in [3.8, 4) is 5.75 Å². The maximum atomic E-state index is 12.6. The van der Waals surface area contributed by atoms with Gasteiger partial charge in [-0.15, -0.1) is 0 Å². The molecule has 0 unspecified atom stereocenters. The van der Waals surface area contributed by atoms with Gasteiger partial charge in [-0.1, -0.05) is 25.0 Å². The first kappa shape index (κ1) is 20.9. The number of likely N-dealkylation sites (tertiary alicyclic amines) is 1. The van der Waals surface area contributed by atoms with Crippen LogP contribution in [0.5, 0.6) is 5.75 Å². The molecule has 0 aliphatic carbocycles. The van der Waals surface area contributed by atoms with Gasteiger partial charge in [0.2, 0.25) is 5.91 Å². The molecule has 0 atom stereocenters. The Morgan fingerprint density at radius 1 is 0.931 bits per heavy atom. The number of rotatable bonds is 7. The fraction of sp³-hybridized carbons (Fsp3) is 0.391. The molecule has 1 aliphatic heterocycles. The summed E-state index contributed by atoms with van der Waals surface area (Å²) in [6.07, 6.45) is 4.54. The van der Waals surface area contributed by atoms with E-state index in [0.29, 0.717) is 17.8 Å². The van der Waals surface area contributed by atoms with Crippen molar-refractivity contribution >= 4 is 17.5 Å². The molecular weight excluding hydrogens is 366 g/mol. The number of nitrogens with zero attached hydrogens (tertiary/aromatic N) is 1. The Morgan fingerprint density at radius 2 is 1.59 bits per heavy atom. The van der Waals surface area contributed by atoms with Crippen LogP contribution in [-0.4, -0.2) is 43.5 Å². The molecule has 6 heteroatoms. The highest BCUT2D eigenvalue weighted by Crippen LogP contribution is 2.16. The minimum absolute atomic E-state index is 0.0749. The van der Waals surface area contributed by atoms with Crippen LogP contribution in [0.1, 0.15) is 41.6 Å². The van der Waals surface area contributed by atoms with Crippen LogP contribution in [0.3, 0.4) is 0 Å². The summed E-state index contributed by atoms with van der Waals surface area (Å²) in [5, 5.41) is 5.98. The van der Waals surface area contributed by atoms with Gasteiger partial charge < -0.3 is 20.3 Å². The molecule has 0 saturated carbocycles. The second-order valence-electron chi connectivity index (χ2n) is 7.28. The minimum atomic E-state index is -0.120. The van der Waals surface area contributed by atoms with E-state index in [1.165, 1.54) is 12.8 Å². The van der Waals surface area contributed by atoms with Crippen molar-refractivity contribution in [1.29, 1.82) is 0 Å². The smallest absolute Gasteiger partial charge is 0.253 e. The zero-order valence-corrected chi connectivity index (χ0v) is 16.9. The summed E-state index contributed by atoms with van der Waals surface area (Å²) >= 11 is 0. The summed E-state index contributed by atoms with van der Waals surface area (Å²) in [5.74, 6) is 0.764. The third-order valence-electron chi connectivity index (χ3n) is 5.08. The van der Waals surface area contributed by atoms with Gasteiger partial charge in [0.15, 0.2) is 0 Å². The predicted molar refractivity (Wildman–Crippen MR) is 114 cm³/mol. The molecular formula is C23H29N3O3. The number of carbonyl (C=O) groups excluding carboxylic acids is 2. The van der Waals surface area contributed by atoms with Crippen LogP contribution >= 0.6 is 0 Å². The number of nitrogens with one attached hydrogen (secondary N) is 2. The second-order valence-corrected chi connectivity index (χ2v) is 7.28. The average Bonchev–Trinajstić information content (AvgIpc) is 3.04. The predicted octanol–water partition coefficient (Wildman–Crippen LogP) is 3.44. The lowest BCUT2D eigenvalue weighted by Gasteiger charge is -2.20. The quantitative estimate of drug-likeness (QED) is 0.753. The van der Waals surface area contributed by atoms with Crippen LogP contribution in [0.15, 0.2) is 48.5 Å². The number of hydrogen-bond acceptors (Lipinski definition) is 4. The average molecular weight is 396 g/mol. The lowest BCUT2D eigenvalue weighted by Crippen LogP contribution is -2.31. The normalized spacial score (nSPS) is 14.2. The largest absolute Gasteiger partial charge is 0.497 e. The fourth-order valence-electron chi connectivity index (χ4n) is 3.42. The molecule has 0 spiro atoms. The standard InChI is InChI=1S/C23H29N3O3/c1-29-21-12-6-18(7-13-21)16-24-17-22(27)25-20-10-8-19(9-11-20)23(28)26-14-4-2-3-5-15-26/h6-13,24H,2-5,14-17H2,1H3,(H,25,27). The van der Waals surface area contributed by atoms with Gasteiger partial charge in [0.25, 0.3) is 5.91 Å². The highest BCUT2D eigenvalue weighted by molar-refractivity contribution is 5.96. The number of anilines is 1. The number of hydrogen-bond donors (Lipinski definition) is 2. The van der Waals surface area contributed by atoms with Crippen molar-refractivity contribution in [1.82, 2.24) is 10.2 Å². The van der Waals surface area contributed by atoms with Crippen molar-refractivity contribution < 1.29 is 14.3 Å². The minimum Gasteiger partial charge on any atom is -0.497 e. The second kappa shape index (κ2) is 10.6. The zero-order chi connectivity index (χ0) is 20.5. The van der Waals surface area contributed by atoms with Crippen molar-refractivity contribution in [2.45, 2.75) is 32.2 Å². The molecule has 6 nitrogen and oxygen atoms in total. The van der Waals surface area contributed by atoms with E-state index in [1.807, 2.05) is 29.2 Å². The molecule has 29 heavy (non-hydrogen) atoms. The van der Waals surface area contributed by atoms with Gasteiger partial charge in [-0.25, -0.2) is 0 Å². The number of benzene rings is 2. The topological polar surface area (TPSA) is 70.7 Å². The molecule has 0 aromatic heterocycles. The summed E-state index contributed by atoms with van der Waals surface area (Å²) in [5.41, 5.74) is 2.44. The molecule has 3 rings (SSSR count). The maximum Gasteiger partial charge on any atom is 0.253 e. The van der Waals surface area contributed by atoms with E-state index >= 15 is 0 Å². The van der Waals surface area contributed by atoms with E-state index in [9.17, 15) is 9.59 Å². The molecule has 2 amide bonds. The lowest BCUT2D eigenvalue weighted by molar-refractivity contribution is -0.115. The fourth-order valence-corrected chi connectivity index (χ4v) is 3.42. The van der Waals surface area contributed by atoms with E-state index < -0.39 is 0 Å². The van der Waals surface area contributed by atoms with Crippen LogP contribution in [0, 0.1) is 0 Å². The van der Waals surface area contributed by atoms with Gasteiger partial charge in [0.1, 0.15) is 5.75 Å². The van der Waals surface area contributed by atoms with E-state index in [1.54, 1.807) is 31.4 Å². The van der Waals surface area contributed by atoms with Crippen molar-refractivity contribution in [3.05, 3.63) is 59.7 Å². The number of carbonyl (C=O) groups is 2. The van der Waals surface area contributed by atoms with Crippen molar-refractivity contribution in [2.75, 3.05) is 32.1 Å². The monoisotopic (exact) mass is 395 g/mol. The van der Waals surface area contributed by atoms with Crippen molar-refractivity contribution in [2.24, 2.45) is 0 Å². The molecule has 2 aromatic rings. The highest BCUT2D eigenvalue weighted by Gasteiger charge is 2.17. The summed E-state index contributed by atoms with van der Waals surface area (Å²) < 4.78 is 5.13. The van der Waals surface area contributed by atoms with Gasteiger partial charge in [0, 0.05) is 30.9 Å². The van der Waals surface area contributed by atoms with Gasteiger partial charge in [-0.3, -0.25) is 9.59 Å². The van der Waals surface area contributed by atoms with E-state index in [0.717, 1.165) is 37.2 Å². The Morgan fingerprint density at radius 3 is 2.21 bits per heavy atom. The molecule has 2 N–H and O–H groups in total. The first-order valence-corrected chi connectivity index (χ1v) is 10.2. The van der Waals surface area contributed by atoms with Crippen LogP contribution < -0.4 is 15.4 Å². The third-order valence-corrected chi connectivity index (χ3v) is 5.08. The Bertz CT molecular complexity index is 795. The summed E-state index contributed by atoms with van der Waals surface area (Å²) in [6, 6.07) is 14.9. The number of amides is 2. The SMILES string of the molecule is COc1ccc(CNCC(=O)Nc2ccc(C(=O)N3CCCCCC3)cc2)cc1. The summed E-state index contributed by atoms with van der Waals surface area (Å²) in [6.45, 7) is 2.47. The molecule has 1 aliphatic rings. The molecule has 0 radical (unpaired) electrons. The Balaban J connectivity index is 1.44. The molecule has 1 fully saturated rings.